The SMILES string of the molecule is CC(C)(C)OC(=O)C1CCC(CS(=O)(=O)c2ccccc2C(F)F)CC1. The van der Waals surface area contributed by atoms with Crippen molar-refractivity contribution >= 4 is 15.8 Å². The summed E-state index contributed by atoms with van der Waals surface area (Å²) >= 11 is 0. The molecule has 1 aliphatic rings. The Hall–Kier alpha value is -1.50. The van der Waals surface area contributed by atoms with E-state index in [0.29, 0.717) is 25.7 Å². The minimum atomic E-state index is -3.80. The number of benzene rings is 1. The van der Waals surface area contributed by atoms with Crippen LogP contribution in [0.1, 0.15) is 58.4 Å². The second-order valence-corrected chi connectivity index (χ2v) is 9.87. The Morgan fingerprint density at radius 2 is 1.73 bits per heavy atom. The van der Waals surface area contributed by atoms with Crippen molar-refractivity contribution in [2.45, 2.75) is 63.4 Å². The number of carbonyl (C=O) groups excluding carboxylic acids is 1. The molecule has 4 nitrogen and oxygen atoms in total. The number of rotatable bonds is 5. The molecule has 26 heavy (non-hydrogen) atoms. The van der Waals surface area contributed by atoms with Crippen LogP contribution >= 0.6 is 0 Å². The van der Waals surface area contributed by atoms with Crippen LogP contribution in [0.2, 0.25) is 0 Å². The number of hydrogen-bond donors (Lipinski definition) is 0. The summed E-state index contributed by atoms with van der Waals surface area (Å²) in [6.07, 6.45) is -0.569. The third kappa shape index (κ3) is 5.50. The summed E-state index contributed by atoms with van der Waals surface area (Å²) < 4.78 is 56.8. The fourth-order valence-electron chi connectivity index (χ4n) is 3.29. The van der Waals surface area contributed by atoms with Crippen molar-refractivity contribution in [2.24, 2.45) is 11.8 Å². The molecule has 0 saturated heterocycles. The van der Waals surface area contributed by atoms with E-state index in [0.717, 1.165) is 6.07 Å². The summed E-state index contributed by atoms with van der Waals surface area (Å²) in [5.74, 6) is -0.773. The molecule has 0 aromatic heterocycles. The van der Waals surface area contributed by atoms with Crippen LogP contribution < -0.4 is 0 Å². The van der Waals surface area contributed by atoms with Gasteiger partial charge in [-0.25, -0.2) is 17.2 Å². The van der Waals surface area contributed by atoms with Gasteiger partial charge in [-0.3, -0.25) is 4.79 Å². The van der Waals surface area contributed by atoms with E-state index < -0.39 is 27.4 Å². The summed E-state index contributed by atoms with van der Waals surface area (Å²) in [6, 6.07) is 5.25. The van der Waals surface area contributed by atoms with Crippen molar-refractivity contribution in [2.75, 3.05) is 5.75 Å². The average Bonchev–Trinajstić information content (AvgIpc) is 2.53. The van der Waals surface area contributed by atoms with E-state index in [1.54, 1.807) is 0 Å². The first kappa shape index (κ1) is 20.8. The van der Waals surface area contributed by atoms with Crippen molar-refractivity contribution in [3.05, 3.63) is 29.8 Å². The van der Waals surface area contributed by atoms with Gasteiger partial charge in [0.1, 0.15) is 5.60 Å². The molecule has 0 spiro atoms. The van der Waals surface area contributed by atoms with E-state index in [4.69, 9.17) is 4.74 Å². The number of carbonyl (C=O) groups is 1. The zero-order chi connectivity index (χ0) is 19.5. The molecule has 0 N–H and O–H groups in total. The Balaban J connectivity index is 2.00. The molecular formula is C19H26F2O4S. The predicted molar refractivity (Wildman–Crippen MR) is 94.7 cm³/mol. The van der Waals surface area contributed by atoms with Crippen molar-refractivity contribution in [3.63, 3.8) is 0 Å². The molecular weight excluding hydrogens is 362 g/mol. The smallest absolute Gasteiger partial charge is 0.309 e. The highest BCUT2D eigenvalue weighted by Crippen LogP contribution is 2.34. The van der Waals surface area contributed by atoms with Crippen LogP contribution in [-0.2, 0) is 19.4 Å². The van der Waals surface area contributed by atoms with Crippen molar-refractivity contribution in [3.8, 4) is 0 Å². The molecule has 0 unspecified atom stereocenters. The fourth-order valence-corrected chi connectivity index (χ4v) is 5.23. The average molecular weight is 388 g/mol. The van der Waals surface area contributed by atoms with Gasteiger partial charge < -0.3 is 4.74 Å². The second kappa shape index (κ2) is 8.03. The molecule has 2 rings (SSSR count). The van der Waals surface area contributed by atoms with E-state index in [1.807, 2.05) is 20.8 Å². The quantitative estimate of drug-likeness (QED) is 0.695. The third-order valence-electron chi connectivity index (χ3n) is 4.53. The first-order chi connectivity index (χ1) is 12.0. The summed E-state index contributed by atoms with van der Waals surface area (Å²) in [7, 11) is -3.80. The number of ether oxygens (including phenoxy) is 1. The van der Waals surface area contributed by atoms with Gasteiger partial charge in [-0.2, -0.15) is 0 Å². The maximum atomic E-state index is 13.1. The number of sulfone groups is 1. The Labute approximate surface area is 153 Å². The Morgan fingerprint density at radius 3 is 2.27 bits per heavy atom. The van der Waals surface area contributed by atoms with Crippen molar-refractivity contribution in [1.82, 2.24) is 0 Å². The third-order valence-corrected chi connectivity index (χ3v) is 6.48. The first-order valence-electron chi connectivity index (χ1n) is 8.82. The predicted octanol–water partition coefficient (Wildman–Crippen LogP) is 4.55. The normalized spacial score (nSPS) is 21.6. The van der Waals surface area contributed by atoms with Gasteiger partial charge in [-0.1, -0.05) is 18.2 Å². The van der Waals surface area contributed by atoms with Gasteiger partial charge in [0.05, 0.1) is 16.6 Å². The minimum Gasteiger partial charge on any atom is -0.460 e. The van der Waals surface area contributed by atoms with Crippen molar-refractivity contribution < 1.29 is 26.7 Å². The Kier molecular flexibility index (Phi) is 6.42. The maximum absolute atomic E-state index is 13.1. The van der Waals surface area contributed by atoms with E-state index in [1.165, 1.54) is 18.2 Å². The summed E-state index contributed by atoms with van der Waals surface area (Å²) in [5.41, 5.74) is -0.995. The van der Waals surface area contributed by atoms with Gasteiger partial charge >= 0.3 is 5.97 Å². The van der Waals surface area contributed by atoms with E-state index in [-0.39, 0.29) is 28.5 Å². The molecule has 1 aromatic rings. The summed E-state index contributed by atoms with van der Waals surface area (Å²) in [5, 5.41) is 0. The van der Waals surface area contributed by atoms with E-state index >= 15 is 0 Å². The molecule has 0 bridgehead atoms. The molecule has 1 aromatic carbocycles. The highest BCUT2D eigenvalue weighted by molar-refractivity contribution is 7.91. The highest BCUT2D eigenvalue weighted by Gasteiger charge is 2.33. The molecule has 0 heterocycles. The van der Waals surface area contributed by atoms with Crippen LogP contribution in [0.5, 0.6) is 0 Å². The number of esters is 1. The van der Waals surface area contributed by atoms with E-state index in [2.05, 4.69) is 0 Å². The first-order valence-corrected chi connectivity index (χ1v) is 10.5. The number of halogens is 2. The molecule has 146 valence electrons. The second-order valence-electron chi connectivity index (χ2n) is 7.87. The summed E-state index contributed by atoms with van der Waals surface area (Å²) in [6.45, 7) is 5.43. The van der Waals surface area contributed by atoms with Gasteiger partial charge in [0.25, 0.3) is 6.43 Å². The summed E-state index contributed by atoms with van der Waals surface area (Å²) in [4.78, 5) is 11.8. The topological polar surface area (TPSA) is 60.4 Å². The Bertz CT molecular complexity index is 730. The van der Waals surface area contributed by atoms with Gasteiger partial charge in [-0.15, -0.1) is 0 Å². The Morgan fingerprint density at radius 1 is 1.15 bits per heavy atom. The number of alkyl halides is 2. The lowest BCUT2D eigenvalue weighted by molar-refractivity contribution is -0.161. The van der Waals surface area contributed by atoms with E-state index in [9.17, 15) is 22.0 Å². The molecule has 0 aliphatic heterocycles. The molecule has 1 saturated carbocycles. The molecule has 0 amide bonds. The zero-order valence-corrected chi connectivity index (χ0v) is 16.2. The van der Waals surface area contributed by atoms with Crippen LogP contribution in [0.15, 0.2) is 29.2 Å². The minimum absolute atomic E-state index is 0.135. The van der Waals surface area contributed by atoms with Gasteiger partial charge in [0.2, 0.25) is 0 Å². The number of hydrogen-bond acceptors (Lipinski definition) is 4. The lowest BCUT2D eigenvalue weighted by atomic mass is 9.83. The van der Waals surface area contributed by atoms with Crippen molar-refractivity contribution in [1.29, 1.82) is 0 Å². The van der Waals surface area contributed by atoms with Crippen LogP contribution in [0.3, 0.4) is 0 Å². The molecule has 1 fully saturated rings. The fraction of sp³-hybridized carbons (Fsp3) is 0.632. The molecule has 1 aliphatic carbocycles. The van der Waals surface area contributed by atoms with Crippen LogP contribution in [0.25, 0.3) is 0 Å². The van der Waals surface area contributed by atoms with Gasteiger partial charge in [-0.05, 0) is 58.4 Å². The standard InChI is InChI=1S/C19H26F2O4S/c1-19(2,3)25-18(22)14-10-8-13(9-11-14)12-26(23,24)16-7-5-4-6-15(16)17(20)21/h4-7,13-14,17H,8-12H2,1-3H3. The van der Waals surface area contributed by atoms with Gasteiger partial charge in [0, 0.05) is 5.56 Å². The molecule has 0 atom stereocenters. The maximum Gasteiger partial charge on any atom is 0.309 e. The molecule has 0 radical (unpaired) electrons. The lowest BCUT2D eigenvalue weighted by Gasteiger charge is -2.29. The van der Waals surface area contributed by atoms with Crippen LogP contribution in [-0.4, -0.2) is 25.7 Å². The van der Waals surface area contributed by atoms with Crippen LogP contribution in [0.4, 0.5) is 8.78 Å². The lowest BCUT2D eigenvalue weighted by Crippen LogP contribution is -2.32. The molecule has 7 heteroatoms. The monoisotopic (exact) mass is 388 g/mol. The van der Waals surface area contributed by atoms with Gasteiger partial charge in [0.15, 0.2) is 9.84 Å². The highest BCUT2D eigenvalue weighted by atomic mass is 32.2. The zero-order valence-electron chi connectivity index (χ0n) is 15.4. The largest absolute Gasteiger partial charge is 0.460 e. The van der Waals surface area contributed by atoms with Crippen LogP contribution in [0, 0.1) is 11.8 Å².